The van der Waals surface area contributed by atoms with Gasteiger partial charge in [0.15, 0.2) is 0 Å². The number of anilines is 1. The van der Waals surface area contributed by atoms with Crippen LogP contribution < -0.4 is 5.01 Å². The van der Waals surface area contributed by atoms with Crippen LogP contribution in [0.5, 0.6) is 0 Å². The molecule has 0 aromatic heterocycles. The van der Waals surface area contributed by atoms with E-state index in [9.17, 15) is 0 Å². The molecular weight excluding hydrogens is 407 g/mol. The van der Waals surface area contributed by atoms with E-state index < -0.39 is 0 Å². The van der Waals surface area contributed by atoms with Crippen molar-refractivity contribution >= 4 is 34.0 Å². The first-order chi connectivity index (χ1) is 11.8. The number of hydrogen-bond acceptors (Lipinski definition) is 2. The minimum absolute atomic E-state index is 0.239. The molecule has 3 aromatic carbocycles. The second kappa shape index (κ2) is 6.77. The molecule has 1 aliphatic heterocycles. The van der Waals surface area contributed by atoms with Crippen LogP contribution in [0.25, 0.3) is 0 Å². The number of hydrogen-bond donors (Lipinski definition) is 0. The number of hydrazone groups is 1. The number of rotatable bonds is 3. The van der Waals surface area contributed by atoms with Gasteiger partial charge in [-0.15, -0.1) is 0 Å². The minimum atomic E-state index is 0.239. The zero-order valence-electron chi connectivity index (χ0n) is 13.1. The summed E-state index contributed by atoms with van der Waals surface area (Å²) in [5.41, 5.74) is 4.77. The van der Waals surface area contributed by atoms with Gasteiger partial charge in [0.05, 0.1) is 17.4 Å². The van der Waals surface area contributed by atoms with Crippen molar-refractivity contribution in [2.75, 3.05) is 5.01 Å². The molecule has 3 aromatic rings. The van der Waals surface area contributed by atoms with E-state index in [0.29, 0.717) is 0 Å². The Morgan fingerprint density at radius 3 is 2.08 bits per heavy atom. The van der Waals surface area contributed by atoms with E-state index in [0.717, 1.165) is 17.8 Å². The molecule has 118 valence electrons. The Hall–Kier alpha value is -2.14. The lowest BCUT2D eigenvalue weighted by atomic mass is 9.98. The number of nitrogens with zero attached hydrogens (tertiary/aromatic N) is 2. The summed E-state index contributed by atoms with van der Waals surface area (Å²) in [4.78, 5) is 0. The normalized spacial score (nSPS) is 17.0. The molecule has 0 N–H and O–H groups in total. The van der Waals surface area contributed by atoms with E-state index in [1.165, 1.54) is 14.7 Å². The Kier molecular flexibility index (Phi) is 4.34. The Morgan fingerprint density at radius 2 is 1.42 bits per heavy atom. The molecule has 1 aliphatic rings. The molecule has 0 saturated carbocycles. The lowest BCUT2D eigenvalue weighted by molar-refractivity contribution is 0.709. The quantitative estimate of drug-likeness (QED) is 0.497. The molecule has 0 aliphatic carbocycles. The van der Waals surface area contributed by atoms with Gasteiger partial charge in [-0.2, -0.15) is 5.10 Å². The third kappa shape index (κ3) is 3.08. The Balaban J connectivity index is 1.74. The molecule has 0 amide bonds. The van der Waals surface area contributed by atoms with E-state index in [1.807, 2.05) is 6.07 Å². The number of benzene rings is 3. The summed E-state index contributed by atoms with van der Waals surface area (Å²) < 4.78 is 1.24. The van der Waals surface area contributed by atoms with Gasteiger partial charge in [-0.05, 0) is 58.0 Å². The highest BCUT2D eigenvalue weighted by Gasteiger charge is 2.29. The zero-order chi connectivity index (χ0) is 16.4. The molecule has 0 fully saturated rings. The summed E-state index contributed by atoms with van der Waals surface area (Å²) >= 11 is 2.34. The van der Waals surface area contributed by atoms with Crippen molar-refractivity contribution in [1.29, 1.82) is 0 Å². The molecule has 4 rings (SSSR count). The van der Waals surface area contributed by atoms with E-state index >= 15 is 0 Å². The Bertz CT molecular complexity index is 842. The Morgan fingerprint density at radius 1 is 0.792 bits per heavy atom. The average molecular weight is 424 g/mol. The fourth-order valence-corrected chi connectivity index (χ4v) is 3.44. The summed E-state index contributed by atoms with van der Waals surface area (Å²) in [6.45, 7) is 0. The van der Waals surface area contributed by atoms with E-state index in [2.05, 4.69) is 106 Å². The SMILES string of the molecule is Ic1ccc(C2=NN(c3ccccc3)C(c3ccccc3)C2)cc1. The summed E-state index contributed by atoms with van der Waals surface area (Å²) in [5, 5.41) is 7.12. The smallest absolute Gasteiger partial charge is 0.0831 e. The lowest BCUT2D eigenvalue weighted by Crippen LogP contribution is -2.18. The van der Waals surface area contributed by atoms with Gasteiger partial charge in [-0.3, -0.25) is 5.01 Å². The van der Waals surface area contributed by atoms with Gasteiger partial charge >= 0.3 is 0 Å². The van der Waals surface area contributed by atoms with Crippen LogP contribution in [0, 0.1) is 3.57 Å². The van der Waals surface area contributed by atoms with Crippen LogP contribution in [0.3, 0.4) is 0 Å². The second-order valence-electron chi connectivity index (χ2n) is 5.86. The lowest BCUT2D eigenvalue weighted by Gasteiger charge is -2.23. The van der Waals surface area contributed by atoms with E-state index in [1.54, 1.807) is 0 Å². The molecule has 3 heteroatoms. The van der Waals surface area contributed by atoms with Gasteiger partial charge in [0.25, 0.3) is 0 Å². The van der Waals surface area contributed by atoms with Crippen LogP contribution in [-0.2, 0) is 0 Å². The van der Waals surface area contributed by atoms with Crippen LogP contribution in [-0.4, -0.2) is 5.71 Å². The average Bonchev–Trinajstić information content (AvgIpc) is 3.09. The van der Waals surface area contributed by atoms with Gasteiger partial charge in [0, 0.05) is 9.99 Å². The predicted molar refractivity (Wildman–Crippen MR) is 108 cm³/mol. The van der Waals surface area contributed by atoms with Crippen LogP contribution in [0.4, 0.5) is 5.69 Å². The first-order valence-corrected chi connectivity index (χ1v) is 9.12. The highest BCUT2D eigenvalue weighted by atomic mass is 127. The van der Waals surface area contributed by atoms with Gasteiger partial charge < -0.3 is 0 Å². The zero-order valence-corrected chi connectivity index (χ0v) is 15.3. The van der Waals surface area contributed by atoms with Crippen molar-refractivity contribution in [3.8, 4) is 0 Å². The molecule has 0 bridgehead atoms. The monoisotopic (exact) mass is 424 g/mol. The highest BCUT2D eigenvalue weighted by molar-refractivity contribution is 14.1. The fourth-order valence-electron chi connectivity index (χ4n) is 3.08. The Labute approximate surface area is 156 Å². The van der Waals surface area contributed by atoms with Crippen LogP contribution >= 0.6 is 22.6 Å². The maximum atomic E-state index is 4.96. The summed E-state index contributed by atoms with van der Waals surface area (Å²) in [6.07, 6.45) is 0.916. The molecule has 1 heterocycles. The van der Waals surface area contributed by atoms with Gasteiger partial charge in [0.2, 0.25) is 0 Å². The fraction of sp³-hybridized carbons (Fsp3) is 0.0952. The van der Waals surface area contributed by atoms with Crippen molar-refractivity contribution in [2.45, 2.75) is 12.5 Å². The standard InChI is InChI=1S/C21H17IN2/c22-18-13-11-16(12-14-18)20-15-21(17-7-3-1-4-8-17)24(23-20)19-9-5-2-6-10-19/h1-14,21H,15H2. The van der Waals surface area contributed by atoms with Gasteiger partial charge in [0.1, 0.15) is 0 Å². The topological polar surface area (TPSA) is 15.6 Å². The molecule has 0 spiro atoms. The molecule has 0 radical (unpaired) electrons. The van der Waals surface area contributed by atoms with Crippen LogP contribution in [0.15, 0.2) is 90.0 Å². The third-order valence-corrected chi connectivity index (χ3v) is 5.01. The molecule has 1 unspecified atom stereocenters. The summed E-state index contributed by atoms with van der Waals surface area (Å²) in [7, 11) is 0. The van der Waals surface area contributed by atoms with Crippen molar-refractivity contribution in [1.82, 2.24) is 0 Å². The van der Waals surface area contributed by atoms with Crippen molar-refractivity contribution in [3.63, 3.8) is 0 Å². The van der Waals surface area contributed by atoms with Gasteiger partial charge in [-0.25, -0.2) is 0 Å². The third-order valence-electron chi connectivity index (χ3n) is 4.29. The van der Waals surface area contributed by atoms with Gasteiger partial charge in [-0.1, -0.05) is 60.7 Å². The summed E-state index contributed by atoms with van der Waals surface area (Å²) in [6, 6.07) is 29.9. The van der Waals surface area contributed by atoms with Crippen LogP contribution in [0.2, 0.25) is 0 Å². The first kappa shape index (κ1) is 15.4. The first-order valence-electron chi connectivity index (χ1n) is 8.04. The van der Waals surface area contributed by atoms with Crippen molar-refractivity contribution in [2.24, 2.45) is 5.10 Å². The van der Waals surface area contributed by atoms with Crippen LogP contribution in [0.1, 0.15) is 23.6 Å². The minimum Gasteiger partial charge on any atom is -0.257 e. The maximum Gasteiger partial charge on any atom is 0.0831 e. The predicted octanol–water partition coefficient (Wildman–Crippen LogP) is 5.65. The largest absolute Gasteiger partial charge is 0.257 e. The van der Waals surface area contributed by atoms with Crippen molar-refractivity contribution in [3.05, 3.63) is 99.6 Å². The molecule has 1 atom stereocenters. The van der Waals surface area contributed by atoms with E-state index in [-0.39, 0.29) is 6.04 Å². The highest BCUT2D eigenvalue weighted by Crippen LogP contribution is 2.36. The second-order valence-corrected chi connectivity index (χ2v) is 7.11. The van der Waals surface area contributed by atoms with E-state index in [4.69, 9.17) is 5.10 Å². The molecule has 2 nitrogen and oxygen atoms in total. The molecular formula is C21H17IN2. The summed E-state index contributed by atoms with van der Waals surface area (Å²) in [5.74, 6) is 0. The molecule has 0 saturated heterocycles. The maximum absolute atomic E-state index is 4.96. The molecule has 24 heavy (non-hydrogen) atoms. The van der Waals surface area contributed by atoms with Crippen molar-refractivity contribution < 1.29 is 0 Å². The number of para-hydroxylation sites is 1. The number of halogens is 1.